The predicted molar refractivity (Wildman–Crippen MR) is 65.1 cm³/mol. The molecule has 1 fully saturated rings. The minimum absolute atomic E-state index is 0.0164. The smallest absolute Gasteiger partial charge is 0.411 e. The normalized spacial score (nSPS) is 16.6. The molecular weight excluding hydrogens is 297 g/mol. The fraction of sp³-hybridized carbons (Fsp3) is 0.545. The number of carbonyl (C=O) groups is 2. The molecule has 0 unspecified atom stereocenters. The van der Waals surface area contributed by atoms with Gasteiger partial charge in [-0.2, -0.15) is 13.2 Å². The van der Waals surface area contributed by atoms with E-state index in [1.54, 1.807) is 0 Å². The first-order valence-electron chi connectivity index (χ1n) is 5.65. The van der Waals surface area contributed by atoms with Crippen LogP contribution in [0, 0.1) is 0 Å². The second kappa shape index (κ2) is 4.72. The molecule has 5 nitrogen and oxygen atoms in total. The van der Waals surface area contributed by atoms with Gasteiger partial charge >= 0.3 is 12.1 Å². The van der Waals surface area contributed by atoms with Gasteiger partial charge in [-0.3, -0.25) is 4.79 Å². The van der Waals surface area contributed by atoms with E-state index in [1.165, 1.54) is 6.92 Å². The first-order chi connectivity index (χ1) is 9.20. The molecule has 0 saturated heterocycles. The number of ether oxygens (including phenoxy) is 1. The van der Waals surface area contributed by atoms with E-state index in [-0.39, 0.29) is 28.5 Å². The van der Waals surface area contributed by atoms with Gasteiger partial charge in [0.1, 0.15) is 10.4 Å². The van der Waals surface area contributed by atoms with Gasteiger partial charge in [0.15, 0.2) is 16.6 Å². The first-order valence-corrected chi connectivity index (χ1v) is 6.47. The van der Waals surface area contributed by atoms with Gasteiger partial charge in [-0.25, -0.2) is 9.78 Å². The van der Waals surface area contributed by atoms with Gasteiger partial charge in [-0.15, -0.1) is 0 Å². The first kappa shape index (κ1) is 14.8. The summed E-state index contributed by atoms with van der Waals surface area (Å²) >= 11 is 0.722. The topological polar surface area (TPSA) is 68.3 Å². The number of carbonyl (C=O) groups excluding carboxylic acids is 2. The number of hydrogen-bond acceptors (Lipinski definition) is 6. The van der Waals surface area contributed by atoms with Crippen LogP contribution in [0.4, 0.5) is 18.3 Å². The quantitative estimate of drug-likeness (QED) is 0.684. The second-order valence-corrected chi connectivity index (χ2v) is 5.45. The number of halogens is 3. The van der Waals surface area contributed by atoms with Gasteiger partial charge in [0, 0.05) is 6.92 Å². The highest BCUT2D eigenvalue weighted by atomic mass is 32.1. The Morgan fingerprint density at radius 3 is 2.40 bits per heavy atom. The predicted octanol–water partition coefficient (Wildman–Crippen LogP) is 2.64. The summed E-state index contributed by atoms with van der Waals surface area (Å²) in [6.07, 6.45) is -4.52. The van der Waals surface area contributed by atoms with Crippen molar-refractivity contribution in [3.05, 3.63) is 10.6 Å². The zero-order valence-electron chi connectivity index (χ0n) is 10.6. The summed E-state index contributed by atoms with van der Waals surface area (Å²) in [5, 5.41) is 2.18. The molecule has 0 atom stereocenters. The Bertz CT molecular complexity index is 564. The van der Waals surface area contributed by atoms with E-state index in [9.17, 15) is 22.8 Å². The van der Waals surface area contributed by atoms with Crippen LogP contribution in [0.1, 0.15) is 39.9 Å². The van der Waals surface area contributed by atoms with Gasteiger partial charge in [0.25, 0.3) is 0 Å². The fourth-order valence-corrected chi connectivity index (χ4v) is 2.60. The maximum atomic E-state index is 12.8. The largest absolute Gasteiger partial charge is 0.464 e. The highest BCUT2D eigenvalue weighted by Gasteiger charge is 2.64. The molecule has 1 aliphatic rings. The maximum absolute atomic E-state index is 12.8. The number of aromatic nitrogens is 1. The minimum Gasteiger partial charge on any atom is -0.464 e. The summed E-state index contributed by atoms with van der Waals surface area (Å²) in [5.74, 6) is -1.30. The average molecular weight is 308 g/mol. The SMILES string of the molecule is COC(=O)c1nc(NC2(C(F)(F)F)CC2)sc1C(C)=O. The number of esters is 1. The van der Waals surface area contributed by atoms with Crippen LogP contribution in [-0.2, 0) is 4.74 Å². The molecule has 1 heterocycles. The molecule has 1 N–H and O–H groups in total. The molecule has 1 aliphatic carbocycles. The number of rotatable bonds is 4. The average Bonchev–Trinajstić information content (AvgIpc) is 3.00. The molecule has 110 valence electrons. The Morgan fingerprint density at radius 1 is 1.40 bits per heavy atom. The van der Waals surface area contributed by atoms with Gasteiger partial charge in [-0.05, 0) is 12.8 Å². The summed E-state index contributed by atoms with van der Waals surface area (Å²) in [4.78, 5) is 26.6. The molecule has 0 aromatic carbocycles. The Balaban J connectivity index is 2.31. The standard InChI is InChI=1S/C11H11F3N2O3S/c1-5(17)7-6(8(18)19-2)15-9(20-7)16-10(3-4-10)11(12,13)14/h3-4H2,1-2H3,(H,15,16). The van der Waals surface area contributed by atoms with Crippen LogP contribution in [0.25, 0.3) is 0 Å². The molecule has 0 radical (unpaired) electrons. The molecule has 9 heteroatoms. The molecule has 0 aliphatic heterocycles. The van der Waals surface area contributed by atoms with Crippen molar-refractivity contribution in [2.45, 2.75) is 31.5 Å². The number of methoxy groups -OCH3 is 1. The highest BCUT2D eigenvalue weighted by molar-refractivity contribution is 7.17. The summed E-state index contributed by atoms with van der Waals surface area (Å²) in [7, 11) is 1.11. The molecular formula is C11H11F3N2O3S. The molecule has 1 saturated carbocycles. The van der Waals surface area contributed by atoms with Crippen LogP contribution in [0.5, 0.6) is 0 Å². The zero-order valence-corrected chi connectivity index (χ0v) is 11.4. The number of anilines is 1. The lowest BCUT2D eigenvalue weighted by atomic mass is 10.3. The van der Waals surface area contributed by atoms with Gasteiger partial charge < -0.3 is 10.1 Å². The molecule has 1 aromatic heterocycles. The zero-order chi connectivity index (χ0) is 15.1. The van der Waals surface area contributed by atoms with E-state index < -0.39 is 23.5 Å². The van der Waals surface area contributed by atoms with Crippen molar-refractivity contribution in [3.8, 4) is 0 Å². The summed E-state index contributed by atoms with van der Waals surface area (Å²) < 4.78 is 42.9. The molecule has 1 aromatic rings. The van der Waals surface area contributed by atoms with E-state index in [2.05, 4.69) is 15.0 Å². The van der Waals surface area contributed by atoms with Crippen molar-refractivity contribution in [1.29, 1.82) is 0 Å². The number of Topliss-reactive ketones (excluding diaryl/α,β-unsaturated/α-hetero) is 1. The van der Waals surface area contributed by atoms with Crippen molar-refractivity contribution in [2.75, 3.05) is 12.4 Å². The third kappa shape index (κ3) is 2.49. The molecule has 0 spiro atoms. The molecule has 2 rings (SSSR count). The van der Waals surface area contributed by atoms with Gasteiger partial charge in [-0.1, -0.05) is 11.3 Å². The van der Waals surface area contributed by atoms with Gasteiger partial charge in [0.2, 0.25) is 0 Å². The highest BCUT2D eigenvalue weighted by Crippen LogP contribution is 2.51. The number of hydrogen-bond donors (Lipinski definition) is 1. The number of nitrogens with zero attached hydrogens (tertiary/aromatic N) is 1. The van der Waals surface area contributed by atoms with Crippen LogP contribution in [0.2, 0.25) is 0 Å². The lowest BCUT2D eigenvalue weighted by Gasteiger charge is -2.19. The Kier molecular flexibility index (Phi) is 3.49. The second-order valence-electron chi connectivity index (χ2n) is 4.45. The van der Waals surface area contributed by atoms with E-state index in [4.69, 9.17) is 0 Å². The molecule has 0 bridgehead atoms. The van der Waals surface area contributed by atoms with Crippen LogP contribution in [-0.4, -0.2) is 35.6 Å². The summed E-state index contributed by atoms with van der Waals surface area (Å²) in [6, 6.07) is 0. The maximum Gasteiger partial charge on any atom is 0.411 e. The van der Waals surface area contributed by atoms with Crippen LogP contribution in [0.3, 0.4) is 0 Å². The third-order valence-corrected chi connectivity index (χ3v) is 4.04. The third-order valence-electron chi connectivity index (χ3n) is 2.96. The minimum atomic E-state index is -4.40. The van der Waals surface area contributed by atoms with Crippen molar-refractivity contribution in [2.24, 2.45) is 0 Å². The van der Waals surface area contributed by atoms with Crippen LogP contribution in [0.15, 0.2) is 0 Å². The Morgan fingerprint density at radius 2 is 2.00 bits per heavy atom. The van der Waals surface area contributed by atoms with E-state index in [0.717, 1.165) is 18.4 Å². The lowest BCUT2D eigenvalue weighted by molar-refractivity contribution is -0.151. The molecule has 20 heavy (non-hydrogen) atoms. The number of nitrogens with one attached hydrogen (secondary N) is 1. The van der Waals surface area contributed by atoms with Gasteiger partial charge in [0.05, 0.1) is 7.11 Å². The fourth-order valence-electron chi connectivity index (χ4n) is 1.66. The van der Waals surface area contributed by atoms with E-state index in [1.807, 2.05) is 0 Å². The Labute approximate surface area is 116 Å². The number of ketones is 1. The van der Waals surface area contributed by atoms with E-state index in [0.29, 0.717) is 0 Å². The Hall–Kier alpha value is -1.64. The number of alkyl halides is 3. The molecule has 0 amide bonds. The van der Waals surface area contributed by atoms with Crippen LogP contribution >= 0.6 is 11.3 Å². The lowest BCUT2D eigenvalue weighted by Crippen LogP contribution is -2.38. The van der Waals surface area contributed by atoms with E-state index >= 15 is 0 Å². The summed E-state index contributed by atoms with van der Waals surface area (Å²) in [6.45, 7) is 1.21. The van der Waals surface area contributed by atoms with Crippen molar-refractivity contribution >= 4 is 28.2 Å². The summed E-state index contributed by atoms with van der Waals surface area (Å²) in [5.41, 5.74) is -2.25. The van der Waals surface area contributed by atoms with Crippen molar-refractivity contribution < 1.29 is 27.5 Å². The number of thiazole rings is 1. The monoisotopic (exact) mass is 308 g/mol. The van der Waals surface area contributed by atoms with Crippen molar-refractivity contribution in [3.63, 3.8) is 0 Å². The van der Waals surface area contributed by atoms with Crippen LogP contribution < -0.4 is 5.32 Å². The van der Waals surface area contributed by atoms with Crippen molar-refractivity contribution in [1.82, 2.24) is 4.98 Å².